The van der Waals surface area contributed by atoms with Crippen molar-refractivity contribution in [1.29, 1.82) is 0 Å². The van der Waals surface area contributed by atoms with Crippen LogP contribution in [-0.2, 0) is 32.7 Å². The maximum atomic E-state index is 4.92. The van der Waals surface area contributed by atoms with Gasteiger partial charge in [0.2, 0.25) is 0 Å². The van der Waals surface area contributed by atoms with Gasteiger partial charge in [-0.25, -0.2) is 0 Å². The van der Waals surface area contributed by atoms with Gasteiger partial charge in [-0.05, 0) is 19.7 Å². The Labute approximate surface area is 95.0 Å². The fourth-order valence-electron chi connectivity index (χ4n) is 0. The Morgan fingerprint density at radius 2 is 1.27 bits per heavy atom. The average Bonchev–Trinajstić information content (AvgIpc) is 1.71. The third kappa shape index (κ3) is 2790. The summed E-state index contributed by atoms with van der Waals surface area (Å²) in [6, 6.07) is 0. The largest absolute Gasteiger partial charge is 0.412 e. The minimum Gasteiger partial charge on any atom is -0.412 e. The Hall–Kier alpha value is 0.524. The monoisotopic (exact) mass is 241 g/mol. The van der Waals surface area contributed by atoms with Crippen molar-refractivity contribution in [2.75, 3.05) is 21.1 Å². The molecule has 0 saturated heterocycles. The third-order valence-electron chi connectivity index (χ3n) is 0. The molecule has 0 aromatic heterocycles. The number of nitrogens with two attached hydrogens (primary N) is 3. The van der Waals surface area contributed by atoms with Crippen molar-refractivity contribution in [3.63, 3.8) is 0 Å². The zero-order valence-electron chi connectivity index (χ0n) is 8.02. The van der Waals surface area contributed by atoms with Crippen molar-refractivity contribution in [3.05, 3.63) is 12.3 Å². The van der Waals surface area contributed by atoms with Crippen molar-refractivity contribution < 1.29 is 43.5 Å². The normalized spacial score (nSPS) is 4.45. The van der Waals surface area contributed by atoms with E-state index in [1.165, 1.54) is 7.05 Å². The molecule has 69 valence electrons. The summed E-state index contributed by atoms with van der Waals surface area (Å²) < 4.78 is 0. The van der Waals surface area contributed by atoms with Gasteiger partial charge in [0, 0.05) is 32.7 Å². The molecule has 5 heteroatoms. The third-order valence-corrected chi connectivity index (χ3v) is 0. The van der Waals surface area contributed by atoms with E-state index in [1.807, 2.05) is 19.4 Å². The molecule has 8 N–H and O–H groups in total. The van der Waals surface area contributed by atoms with Crippen LogP contribution in [0, 0.1) is 0 Å². The number of rotatable bonds is 0. The first-order valence-corrected chi connectivity index (χ1v) is 2.87. The first kappa shape index (κ1) is 30.0. The fourth-order valence-corrected chi connectivity index (χ4v) is 0. The SMILES string of the molecule is C=C(C)N.CN.C[NH2+]C.O.[Y]. The summed E-state index contributed by atoms with van der Waals surface area (Å²) in [5.41, 5.74) is 10.1. The van der Waals surface area contributed by atoms with Crippen LogP contribution < -0.4 is 16.8 Å². The topological polar surface area (TPSA) is 100 Å². The van der Waals surface area contributed by atoms with Crippen molar-refractivity contribution in [2.24, 2.45) is 11.5 Å². The van der Waals surface area contributed by atoms with E-state index in [9.17, 15) is 0 Å². The first-order chi connectivity index (χ1) is 4.15. The number of hydrogen-bond acceptors (Lipinski definition) is 2. The van der Waals surface area contributed by atoms with Crippen molar-refractivity contribution >= 4 is 0 Å². The summed E-state index contributed by atoms with van der Waals surface area (Å²) in [7, 11) is 5.50. The summed E-state index contributed by atoms with van der Waals surface area (Å²) >= 11 is 0. The Kier molecular flexibility index (Phi) is 127. The van der Waals surface area contributed by atoms with Crippen LogP contribution in [0.2, 0.25) is 0 Å². The van der Waals surface area contributed by atoms with Gasteiger partial charge in [-0.1, -0.05) is 6.58 Å². The molecule has 4 nitrogen and oxygen atoms in total. The van der Waals surface area contributed by atoms with Crippen LogP contribution >= 0.6 is 0 Å². The van der Waals surface area contributed by atoms with Gasteiger partial charge >= 0.3 is 0 Å². The standard InChI is InChI=1S/C3H7N.C2H7N.CH5N.H2O.Y/c1-3(2)4;1-3-2;1-2;;/h1,4H2,2H3;3H,1-2H3;2H2,1H3;1H2;/p+1. The van der Waals surface area contributed by atoms with Crippen molar-refractivity contribution in [1.82, 2.24) is 0 Å². The van der Waals surface area contributed by atoms with Crippen LogP contribution in [0.15, 0.2) is 12.3 Å². The zero-order valence-corrected chi connectivity index (χ0v) is 10.9. The van der Waals surface area contributed by atoms with E-state index in [0.717, 1.165) is 0 Å². The van der Waals surface area contributed by atoms with Gasteiger partial charge in [-0.15, -0.1) is 0 Å². The zero-order chi connectivity index (χ0) is 8.28. The summed E-state index contributed by atoms with van der Waals surface area (Å²) in [4.78, 5) is 0. The predicted molar refractivity (Wildman–Crippen MR) is 46.5 cm³/mol. The Bertz CT molecular complexity index is 49.1. The quantitative estimate of drug-likeness (QED) is 0.458. The molecule has 0 aliphatic heterocycles. The molecule has 0 amide bonds. The molecule has 11 heavy (non-hydrogen) atoms. The Morgan fingerprint density at radius 1 is 1.27 bits per heavy atom. The van der Waals surface area contributed by atoms with E-state index in [0.29, 0.717) is 5.70 Å². The molecule has 0 unspecified atom stereocenters. The van der Waals surface area contributed by atoms with E-state index >= 15 is 0 Å². The second-order valence-electron chi connectivity index (χ2n) is 1.42. The van der Waals surface area contributed by atoms with E-state index in [-0.39, 0.29) is 38.2 Å². The molecule has 0 atom stereocenters. The smallest absolute Gasteiger partial charge is 0.0647 e. The van der Waals surface area contributed by atoms with Gasteiger partial charge < -0.3 is 22.3 Å². The molecule has 0 aromatic carbocycles. The molecule has 0 aliphatic rings. The predicted octanol–water partition coefficient (Wildman–Crippen LogP) is -1.96. The molecular weight excluding hydrogens is 219 g/mol. The van der Waals surface area contributed by atoms with Crippen molar-refractivity contribution in [2.45, 2.75) is 6.92 Å². The molecule has 0 aliphatic carbocycles. The summed E-state index contributed by atoms with van der Waals surface area (Å²) in [6.07, 6.45) is 0. The van der Waals surface area contributed by atoms with Gasteiger partial charge in [0.15, 0.2) is 0 Å². The van der Waals surface area contributed by atoms with Crippen LogP contribution in [0.3, 0.4) is 0 Å². The molecule has 0 rings (SSSR count). The maximum Gasteiger partial charge on any atom is 0.0647 e. The summed E-state index contributed by atoms with van der Waals surface area (Å²) in [5, 5.41) is 2.00. The van der Waals surface area contributed by atoms with E-state index < -0.39 is 0 Å². The molecule has 0 spiro atoms. The van der Waals surface area contributed by atoms with Gasteiger partial charge in [0.05, 0.1) is 14.1 Å². The summed E-state index contributed by atoms with van der Waals surface area (Å²) in [5.74, 6) is 0. The molecule has 0 fully saturated rings. The van der Waals surface area contributed by atoms with E-state index in [4.69, 9.17) is 5.73 Å². The minimum atomic E-state index is 0. The van der Waals surface area contributed by atoms with Gasteiger partial charge in [0.1, 0.15) is 0 Å². The fraction of sp³-hybridized carbons (Fsp3) is 0.667. The Balaban J connectivity index is -0.0000000158. The van der Waals surface area contributed by atoms with Crippen LogP contribution in [0.25, 0.3) is 0 Å². The van der Waals surface area contributed by atoms with E-state index in [2.05, 4.69) is 12.3 Å². The number of allylic oxidation sites excluding steroid dienone is 1. The first-order valence-electron chi connectivity index (χ1n) is 2.87. The molecule has 0 saturated carbocycles. The van der Waals surface area contributed by atoms with Crippen LogP contribution in [0.5, 0.6) is 0 Å². The van der Waals surface area contributed by atoms with Crippen LogP contribution in [0.4, 0.5) is 0 Å². The Morgan fingerprint density at radius 3 is 1.27 bits per heavy atom. The van der Waals surface area contributed by atoms with Crippen LogP contribution in [0.1, 0.15) is 6.92 Å². The van der Waals surface area contributed by atoms with Gasteiger partial charge in [-0.3, -0.25) is 0 Å². The average molecular weight is 241 g/mol. The number of quaternary nitrogens is 1. The van der Waals surface area contributed by atoms with Gasteiger partial charge in [0.25, 0.3) is 0 Å². The second kappa shape index (κ2) is 46.6. The molecular formula is C6H22N3OY+. The van der Waals surface area contributed by atoms with Crippen LogP contribution in [-0.4, -0.2) is 26.6 Å². The van der Waals surface area contributed by atoms with Crippen molar-refractivity contribution in [3.8, 4) is 0 Å². The molecule has 0 heterocycles. The maximum absolute atomic E-state index is 4.92. The second-order valence-corrected chi connectivity index (χ2v) is 1.42. The van der Waals surface area contributed by atoms with Gasteiger partial charge in [-0.2, -0.15) is 0 Å². The number of hydrogen-bond donors (Lipinski definition) is 3. The summed E-state index contributed by atoms with van der Waals surface area (Å²) in [6.45, 7) is 5.08. The molecule has 0 bridgehead atoms. The molecule has 1 radical (unpaired) electrons. The molecule has 0 aromatic rings. The van der Waals surface area contributed by atoms with E-state index in [1.54, 1.807) is 6.92 Å². The minimum absolute atomic E-state index is 0.